The van der Waals surface area contributed by atoms with Gasteiger partial charge in [-0.25, -0.2) is 0 Å². The summed E-state index contributed by atoms with van der Waals surface area (Å²) in [6.07, 6.45) is 3.45. The summed E-state index contributed by atoms with van der Waals surface area (Å²) in [6.45, 7) is 2.12. The van der Waals surface area contributed by atoms with Crippen LogP contribution in [0.25, 0.3) is 0 Å². The number of hydrogen-bond acceptors (Lipinski definition) is 3. The molecule has 1 heterocycles. The van der Waals surface area contributed by atoms with Gasteiger partial charge in [0.2, 0.25) is 5.91 Å². The molecule has 1 rings (SSSR count). The SMILES string of the molecule is CNC(=O)Cn1cc([C@@H](C)N)cn1. The van der Waals surface area contributed by atoms with Gasteiger partial charge < -0.3 is 11.1 Å². The van der Waals surface area contributed by atoms with E-state index in [-0.39, 0.29) is 18.5 Å². The molecule has 0 aliphatic carbocycles. The third kappa shape index (κ3) is 2.55. The predicted octanol–water partition coefficient (Wildman–Crippen LogP) is -0.351. The first-order valence-corrected chi connectivity index (χ1v) is 4.12. The highest BCUT2D eigenvalue weighted by atomic mass is 16.1. The highest BCUT2D eigenvalue weighted by molar-refractivity contribution is 5.75. The van der Waals surface area contributed by atoms with Crippen LogP contribution in [-0.4, -0.2) is 22.7 Å². The molecular weight excluding hydrogens is 168 g/mol. The molecule has 1 aromatic rings. The summed E-state index contributed by atoms with van der Waals surface area (Å²) in [5, 5.41) is 6.52. The van der Waals surface area contributed by atoms with Crippen molar-refractivity contribution >= 4 is 5.91 Å². The van der Waals surface area contributed by atoms with E-state index in [9.17, 15) is 4.79 Å². The van der Waals surface area contributed by atoms with Gasteiger partial charge in [-0.15, -0.1) is 0 Å². The Kier molecular flexibility index (Phi) is 3.02. The van der Waals surface area contributed by atoms with Crippen molar-refractivity contribution in [1.29, 1.82) is 0 Å². The second-order valence-electron chi connectivity index (χ2n) is 2.93. The number of hydrogen-bond donors (Lipinski definition) is 2. The number of nitrogens with two attached hydrogens (primary N) is 1. The fourth-order valence-corrected chi connectivity index (χ4v) is 0.927. The number of amides is 1. The molecule has 5 heteroatoms. The summed E-state index contributed by atoms with van der Waals surface area (Å²) in [6, 6.07) is -0.0431. The number of nitrogens with zero attached hydrogens (tertiary/aromatic N) is 2. The second kappa shape index (κ2) is 4.04. The highest BCUT2D eigenvalue weighted by Crippen LogP contribution is 2.06. The maximum atomic E-state index is 11.0. The van der Waals surface area contributed by atoms with Gasteiger partial charge in [-0.1, -0.05) is 0 Å². The molecule has 5 nitrogen and oxygen atoms in total. The standard InChI is InChI=1S/C8H14N4O/c1-6(9)7-3-11-12(4-7)5-8(13)10-2/h3-4,6H,5,9H2,1-2H3,(H,10,13)/t6-/m1/s1. The summed E-state index contributed by atoms with van der Waals surface area (Å²) in [4.78, 5) is 11.0. The van der Waals surface area contributed by atoms with E-state index in [0.717, 1.165) is 5.56 Å². The molecule has 0 unspecified atom stereocenters. The van der Waals surface area contributed by atoms with Crippen LogP contribution in [0.5, 0.6) is 0 Å². The van der Waals surface area contributed by atoms with Crippen LogP contribution in [0.2, 0.25) is 0 Å². The molecule has 0 aromatic carbocycles. The molecular formula is C8H14N4O. The number of rotatable bonds is 3. The molecule has 0 fully saturated rings. The first-order chi connectivity index (χ1) is 6.13. The molecule has 0 spiro atoms. The van der Waals surface area contributed by atoms with E-state index in [1.807, 2.05) is 6.92 Å². The van der Waals surface area contributed by atoms with Crippen LogP contribution < -0.4 is 11.1 Å². The Hall–Kier alpha value is -1.36. The van der Waals surface area contributed by atoms with Crippen molar-refractivity contribution in [3.8, 4) is 0 Å². The summed E-state index contributed by atoms with van der Waals surface area (Å²) >= 11 is 0. The lowest BCUT2D eigenvalue weighted by Crippen LogP contribution is -2.23. The topological polar surface area (TPSA) is 72.9 Å². The van der Waals surface area contributed by atoms with E-state index < -0.39 is 0 Å². The van der Waals surface area contributed by atoms with Gasteiger partial charge in [0.15, 0.2) is 0 Å². The van der Waals surface area contributed by atoms with Gasteiger partial charge in [0.1, 0.15) is 6.54 Å². The Morgan fingerprint density at radius 2 is 2.54 bits per heavy atom. The normalized spacial score (nSPS) is 12.5. The van der Waals surface area contributed by atoms with E-state index in [4.69, 9.17) is 5.73 Å². The summed E-state index contributed by atoms with van der Waals surface area (Å²) in [5.74, 6) is -0.0701. The Morgan fingerprint density at radius 1 is 1.85 bits per heavy atom. The van der Waals surface area contributed by atoms with Crippen molar-refractivity contribution < 1.29 is 4.79 Å². The van der Waals surface area contributed by atoms with Gasteiger partial charge in [-0.2, -0.15) is 5.10 Å². The Bertz CT molecular complexity index is 292. The van der Waals surface area contributed by atoms with Gasteiger partial charge in [-0.05, 0) is 6.92 Å². The van der Waals surface area contributed by atoms with Crippen molar-refractivity contribution in [1.82, 2.24) is 15.1 Å². The molecule has 0 aliphatic rings. The fourth-order valence-electron chi connectivity index (χ4n) is 0.927. The van der Waals surface area contributed by atoms with E-state index in [1.54, 1.807) is 24.1 Å². The van der Waals surface area contributed by atoms with Crippen molar-refractivity contribution in [3.63, 3.8) is 0 Å². The van der Waals surface area contributed by atoms with Crippen molar-refractivity contribution in [2.75, 3.05) is 7.05 Å². The lowest BCUT2D eigenvalue weighted by molar-refractivity contribution is -0.121. The lowest BCUT2D eigenvalue weighted by atomic mass is 10.2. The van der Waals surface area contributed by atoms with Gasteiger partial charge in [-0.3, -0.25) is 9.48 Å². The molecule has 0 radical (unpaired) electrons. The Morgan fingerprint density at radius 3 is 3.00 bits per heavy atom. The van der Waals surface area contributed by atoms with Gasteiger partial charge in [0, 0.05) is 24.8 Å². The average Bonchev–Trinajstić information content (AvgIpc) is 2.52. The van der Waals surface area contributed by atoms with Crippen LogP contribution in [0, 0.1) is 0 Å². The first kappa shape index (κ1) is 9.73. The van der Waals surface area contributed by atoms with Gasteiger partial charge in [0.25, 0.3) is 0 Å². The second-order valence-corrected chi connectivity index (χ2v) is 2.93. The molecule has 3 N–H and O–H groups in total. The third-order valence-corrected chi connectivity index (χ3v) is 1.76. The molecule has 0 bridgehead atoms. The van der Waals surface area contributed by atoms with E-state index >= 15 is 0 Å². The van der Waals surface area contributed by atoms with Crippen LogP contribution >= 0.6 is 0 Å². The third-order valence-electron chi connectivity index (χ3n) is 1.76. The lowest BCUT2D eigenvalue weighted by Gasteiger charge is -2.00. The number of carbonyl (C=O) groups excluding carboxylic acids is 1. The minimum atomic E-state index is -0.0701. The van der Waals surface area contributed by atoms with Crippen LogP contribution in [-0.2, 0) is 11.3 Å². The molecule has 1 amide bonds. The summed E-state index contributed by atoms with van der Waals surface area (Å²) in [5.41, 5.74) is 6.57. The zero-order valence-electron chi connectivity index (χ0n) is 7.82. The molecule has 13 heavy (non-hydrogen) atoms. The smallest absolute Gasteiger partial charge is 0.241 e. The quantitative estimate of drug-likeness (QED) is 0.671. The highest BCUT2D eigenvalue weighted by Gasteiger charge is 2.04. The zero-order chi connectivity index (χ0) is 9.84. The molecule has 0 aliphatic heterocycles. The van der Waals surface area contributed by atoms with Crippen molar-refractivity contribution in [3.05, 3.63) is 18.0 Å². The Labute approximate surface area is 76.9 Å². The van der Waals surface area contributed by atoms with Gasteiger partial charge >= 0.3 is 0 Å². The molecule has 0 saturated carbocycles. The monoisotopic (exact) mass is 182 g/mol. The summed E-state index contributed by atoms with van der Waals surface area (Å²) in [7, 11) is 1.60. The van der Waals surface area contributed by atoms with Crippen LogP contribution in [0.15, 0.2) is 12.4 Å². The average molecular weight is 182 g/mol. The molecule has 1 atom stereocenters. The molecule has 1 aromatic heterocycles. The molecule has 72 valence electrons. The maximum absolute atomic E-state index is 11.0. The fraction of sp³-hybridized carbons (Fsp3) is 0.500. The number of aromatic nitrogens is 2. The van der Waals surface area contributed by atoms with Crippen molar-refractivity contribution in [2.24, 2.45) is 5.73 Å². The van der Waals surface area contributed by atoms with Crippen molar-refractivity contribution in [2.45, 2.75) is 19.5 Å². The predicted molar refractivity (Wildman–Crippen MR) is 48.9 cm³/mol. The zero-order valence-corrected chi connectivity index (χ0v) is 7.82. The maximum Gasteiger partial charge on any atom is 0.241 e. The van der Waals surface area contributed by atoms with E-state index in [2.05, 4.69) is 10.4 Å². The van der Waals surface area contributed by atoms with Crippen LogP contribution in [0.3, 0.4) is 0 Å². The number of nitrogens with one attached hydrogen (secondary N) is 1. The van der Waals surface area contributed by atoms with Gasteiger partial charge in [0.05, 0.1) is 6.20 Å². The van der Waals surface area contributed by atoms with Crippen LogP contribution in [0.4, 0.5) is 0 Å². The first-order valence-electron chi connectivity index (χ1n) is 4.12. The summed E-state index contributed by atoms with van der Waals surface area (Å²) < 4.78 is 1.57. The van der Waals surface area contributed by atoms with Crippen LogP contribution in [0.1, 0.15) is 18.5 Å². The Balaban J connectivity index is 2.64. The minimum Gasteiger partial charge on any atom is -0.358 e. The largest absolute Gasteiger partial charge is 0.358 e. The minimum absolute atomic E-state index is 0.0431. The van der Waals surface area contributed by atoms with E-state index in [0.29, 0.717) is 0 Å². The van der Waals surface area contributed by atoms with E-state index in [1.165, 1.54) is 0 Å². The molecule has 0 saturated heterocycles. The number of likely N-dealkylation sites (N-methyl/N-ethyl adjacent to an activating group) is 1. The number of carbonyl (C=O) groups is 1.